The second-order valence-corrected chi connectivity index (χ2v) is 11.5. The van der Waals surface area contributed by atoms with Crippen molar-refractivity contribution in [3.63, 3.8) is 0 Å². The molecule has 26 heavy (non-hydrogen) atoms. The number of hydrogen-bond donors (Lipinski definition) is 0. The van der Waals surface area contributed by atoms with Crippen LogP contribution in [0.3, 0.4) is 0 Å². The molecule has 1 aromatic rings. The molecule has 0 atom stereocenters. The van der Waals surface area contributed by atoms with Crippen LogP contribution in [-0.2, 0) is 0 Å². The van der Waals surface area contributed by atoms with Crippen molar-refractivity contribution in [3.8, 4) is 5.75 Å². The van der Waals surface area contributed by atoms with Crippen molar-refractivity contribution in [2.24, 2.45) is 0 Å². The standard InChI is InChI=1S/C18H26ClF5OSi/c1-3-5-7-9-11-26(19,12-10-8-6-4-2)25-18-16(23)14(21)13(20)15(22)17(18)24/h3-12H2,1-2H3. The third kappa shape index (κ3) is 6.41. The molecule has 0 radical (unpaired) electrons. The first-order valence-electron chi connectivity index (χ1n) is 9.16. The molecule has 0 bridgehead atoms. The molecule has 0 fully saturated rings. The molecule has 150 valence electrons. The second-order valence-electron chi connectivity index (χ2n) is 6.51. The summed E-state index contributed by atoms with van der Waals surface area (Å²) < 4.78 is 73.2. The van der Waals surface area contributed by atoms with E-state index in [0.717, 1.165) is 38.5 Å². The molecule has 0 heterocycles. The van der Waals surface area contributed by atoms with Crippen LogP contribution in [0.2, 0.25) is 12.1 Å². The lowest BCUT2D eigenvalue weighted by molar-refractivity contribution is 0.346. The van der Waals surface area contributed by atoms with Gasteiger partial charge in [-0.2, -0.15) is 8.78 Å². The zero-order chi connectivity index (χ0) is 19.7. The van der Waals surface area contributed by atoms with E-state index in [9.17, 15) is 22.0 Å². The van der Waals surface area contributed by atoms with Gasteiger partial charge >= 0.3 is 7.63 Å². The van der Waals surface area contributed by atoms with Crippen LogP contribution >= 0.6 is 11.1 Å². The summed E-state index contributed by atoms with van der Waals surface area (Å²) in [5.41, 5.74) is 0. The van der Waals surface area contributed by atoms with Gasteiger partial charge in [-0.15, -0.1) is 11.1 Å². The third-order valence-electron chi connectivity index (χ3n) is 4.26. The van der Waals surface area contributed by atoms with Gasteiger partial charge in [-0.25, -0.2) is 13.2 Å². The number of unbranched alkanes of at least 4 members (excludes halogenated alkanes) is 6. The van der Waals surface area contributed by atoms with E-state index in [4.69, 9.17) is 15.5 Å². The van der Waals surface area contributed by atoms with E-state index < -0.39 is 42.5 Å². The van der Waals surface area contributed by atoms with Gasteiger partial charge < -0.3 is 4.43 Å². The molecule has 0 unspecified atom stereocenters. The fourth-order valence-electron chi connectivity index (χ4n) is 2.72. The molecule has 0 aliphatic rings. The molecule has 0 saturated heterocycles. The number of hydrogen-bond acceptors (Lipinski definition) is 1. The highest BCUT2D eigenvalue weighted by molar-refractivity contribution is 7.17. The SMILES string of the molecule is CCCCCC[Si](Cl)(CCCCCC)Oc1c(F)c(F)c(F)c(F)c1F. The van der Waals surface area contributed by atoms with Gasteiger partial charge in [-0.3, -0.25) is 0 Å². The lowest BCUT2D eigenvalue weighted by atomic mass is 10.2. The molecule has 1 nitrogen and oxygen atoms in total. The van der Waals surface area contributed by atoms with E-state index in [1.807, 2.05) is 13.8 Å². The van der Waals surface area contributed by atoms with Crippen molar-refractivity contribution in [1.29, 1.82) is 0 Å². The van der Waals surface area contributed by atoms with Crippen molar-refractivity contribution in [1.82, 2.24) is 0 Å². The van der Waals surface area contributed by atoms with E-state index >= 15 is 0 Å². The highest BCUT2D eigenvalue weighted by Crippen LogP contribution is 2.35. The molecule has 0 spiro atoms. The lowest BCUT2D eigenvalue weighted by Crippen LogP contribution is -2.36. The zero-order valence-corrected chi connectivity index (χ0v) is 17.0. The highest BCUT2D eigenvalue weighted by Gasteiger charge is 2.38. The minimum Gasteiger partial charge on any atom is -0.525 e. The zero-order valence-electron chi connectivity index (χ0n) is 15.2. The number of halogens is 6. The molecular formula is C18H26ClF5OSi. The minimum atomic E-state index is -3.18. The van der Waals surface area contributed by atoms with Crippen LogP contribution in [-0.4, -0.2) is 7.63 Å². The monoisotopic (exact) mass is 416 g/mol. The van der Waals surface area contributed by atoms with Crippen LogP contribution in [0.1, 0.15) is 65.2 Å². The van der Waals surface area contributed by atoms with Gasteiger partial charge in [0.05, 0.1) is 0 Å². The van der Waals surface area contributed by atoms with Crippen molar-refractivity contribution in [2.75, 3.05) is 0 Å². The lowest BCUT2D eigenvalue weighted by Gasteiger charge is -2.26. The first kappa shape index (κ1) is 23.2. The molecule has 0 aliphatic carbocycles. The maximum Gasteiger partial charge on any atom is 0.347 e. The molecule has 0 aliphatic heterocycles. The molecule has 0 aromatic heterocycles. The van der Waals surface area contributed by atoms with Crippen LogP contribution in [0.25, 0.3) is 0 Å². The van der Waals surface area contributed by atoms with Crippen molar-refractivity contribution < 1.29 is 26.4 Å². The predicted molar refractivity (Wildman–Crippen MR) is 96.4 cm³/mol. The first-order valence-corrected chi connectivity index (χ1v) is 12.5. The Bertz CT molecular complexity index is 544. The van der Waals surface area contributed by atoms with E-state index in [-0.39, 0.29) is 0 Å². The van der Waals surface area contributed by atoms with E-state index in [1.165, 1.54) is 0 Å². The maximum atomic E-state index is 13.9. The van der Waals surface area contributed by atoms with Gasteiger partial charge in [-0.1, -0.05) is 65.2 Å². The van der Waals surface area contributed by atoms with E-state index in [1.54, 1.807) is 0 Å². The normalized spacial score (nSPS) is 11.8. The molecular weight excluding hydrogens is 391 g/mol. The fraction of sp³-hybridized carbons (Fsp3) is 0.667. The summed E-state index contributed by atoms with van der Waals surface area (Å²) in [5.74, 6) is -11.4. The van der Waals surface area contributed by atoms with Crippen LogP contribution in [0.4, 0.5) is 22.0 Å². The van der Waals surface area contributed by atoms with Gasteiger partial charge in [-0.05, 0) is 12.1 Å². The number of benzene rings is 1. The summed E-state index contributed by atoms with van der Waals surface area (Å²) in [6, 6.07) is 0.806. The summed E-state index contributed by atoms with van der Waals surface area (Å²) in [6.07, 6.45) is 7.15. The number of rotatable bonds is 12. The van der Waals surface area contributed by atoms with Gasteiger partial charge in [0.25, 0.3) is 0 Å². The van der Waals surface area contributed by atoms with Gasteiger partial charge in [0, 0.05) is 0 Å². The second kappa shape index (κ2) is 11.1. The summed E-state index contributed by atoms with van der Waals surface area (Å²) in [5, 5.41) is 0. The average Bonchev–Trinajstić information content (AvgIpc) is 2.63. The van der Waals surface area contributed by atoms with Crippen molar-refractivity contribution in [2.45, 2.75) is 77.3 Å². The third-order valence-corrected chi connectivity index (χ3v) is 8.40. The first-order chi connectivity index (χ1) is 12.3. The Hall–Kier alpha value is -0.823. The van der Waals surface area contributed by atoms with Crippen LogP contribution < -0.4 is 4.43 Å². The molecule has 0 N–H and O–H groups in total. The average molecular weight is 417 g/mol. The van der Waals surface area contributed by atoms with Crippen LogP contribution in [0.5, 0.6) is 5.75 Å². The Morgan fingerprint density at radius 2 is 1.04 bits per heavy atom. The summed E-state index contributed by atoms with van der Waals surface area (Å²) in [7, 11) is -3.18. The summed E-state index contributed by atoms with van der Waals surface area (Å²) >= 11 is 6.56. The molecule has 0 amide bonds. The summed E-state index contributed by atoms with van der Waals surface area (Å²) in [4.78, 5) is 0. The van der Waals surface area contributed by atoms with Crippen molar-refractivity contribution in [3.05, 3.63) is 29.1 Å². The van der Waals surface area contributed by atoms with Gasteiger partial charge in [0.1, 0.15) is 0 Å². The maximum absolute atomic E-state index is 13.9. The quantitative estimate of drug-likeness (QED) is 0.0850. The fourth-order valence-corrected chi connectivity index (χ4v) is 6.30. The van der Waals surface area contributed by atoms with Gasteiger partial charge in [0.15, 0.2) is 5.75 Å². The predicted octanol–water partition coefficient (Wildman–Crippen LogP) is 7.60. The molecule has 0 saturated carbocycles. The minimum absolute atomic E-state index is 0.403. The Balaban J connectivity index is 3.00. The van der Waals surface area contributed by atoms with E-state index in [2.05, 4.69) is 0 Å². The van der Waals surface area contributed by atoms with E-state index in [0.29, 0.717) is 24.9 Å². The molecule has 1 rings (SSSR count). The molecule has 1 aromatic carbocycles. The Kier molecular flexibility index (Phi) is 9.93. The summed E-state index contributed by atoms with van der Waals surface area (Å²) in [6.45, 7) is 4.09. The Morgan fingerprint density at radius 1 is 0.654 bits per heavy atom. The van der Waals surface area contributed by atoms with Crippen molar-refractivity contribution >= 4 is 18.7 Å². The topological polar surface area (TPSA) is 9.23 Å². The van der Waals surface area contributed by atoms with Crippen LogP contribution in [0.15, 0.2) is 0 Å². The Labute approximate surface area is 157 Å². The highest BCUT2D eigenvalue weighted by atomic mass is 35.6. The largest absolute Gasteiger partial charge is 0.525 e. The Morgan fingerprint density at radius 3 is 1.42 bits per heavy atom. The van der Waals surface area contributed by atoms with Gasteiger partial charge in [0.2, 0.25) is 29.1 Å². The van der Waals surface area contributed by atoms with Crippen LogP contribution in [0, 0.1) is 29.1 Å². The smallest absolute Gasteiger partial charge is 0.347 e. The molecule has 8 heteroatoms.